The molecule has 0 aliphatic heterocycles. The zero-order valence-electron chi connectivity index (χ0n) is 21.5. The van der Waals surface area contributed by atoms with E-state index in [1.54, 1.807) is 0 Å². The summed E-state index contributed by atoms with van der Waals surface area (Å²) in [6.07, 6.45) is 16.9. The Morgan fingerprint density at radius 2 is 1.63 bits per heavy atom. The minimum absolute atomic E-state index is 0.161. The highest BCUT2D eigenvalue weighted by molar-refractivity contribution is 5.22. The van der Waals surface area contributed by atoms with Crippen LogP contribution in [-0.4, -0.2) is 55.9 Å². The maximum absolute atomic E-state index is 4.48. The third kappa shape index (κ3) is 8.30. The molecule has 190 valence electrons. The van der Waals surface area contributed by atoms with Gasteiger partial charge in [-0.2, -0.15) is 0 Å². The first-order chi connectivity index (χ1) is 17.2. The zero-order valence-corrected chi connectivity index (χ0v) is 21.5. The third-order valence-electron chi connectivity index (χ3n) is 7.24. The molecule has 3 N–H and O–H groups in total. The van der Waals surface area contributed by atoms with Crippen LogP contribution in [0.1, 0.15) is 80.7 Å². The van der Waals surface area contributed by atoms with Gasteiger partial charge in [0.15, 0.2) is 0 Å². The molecule has 35 heavy (non-hydrogen) atoms. The fourth-order valence-electron chi connectivity index (χ4n) is 5.08. The van der Waals surface area contributed by atoms with Crippen LogP contribution in [0.15, 0.2) is 49.1 Å². The van der Waals surface area contributed by atoms with E-state index in [0.29, 0.717) is 0 Å². The number of nitrogens with one attached hydrogen (secondary N) is 3. The minimum atomic E-state index is 0.161. The van der Waals surface area contributed by atoms with Gasteiger partial charge in [-0.15, -0.1) is 0 Å². The number of aromatic nitrogens is 4. The topological polar surface area (TPSA) is 75.9 Å². The molecule has 0 saturated heterocycles. The van der Waals surface area contributed by atoms with Gasteiger partial charge in [-0.25, -0.2) is 9.97 Å². The number of hydrogen-bond donors (Lipinski definition) is 3. The van der Waals surface area contributed by atoms with Gasteiger partial charge in [0.05, 0.1) is 12.6 Å². The Hall–Kier alpha value is -2.48. The number of aromatic amines is 2. The molecule has 1 aliphatic carbocycles. The average molecular weight is 478 g/mol. The Labute approximate surface area is 210 Å². The maximum Gasteiger partial charge on any atom is 0.123 e. The fraction of sp³-hybridized carbons (Fsp3) is 0.571. The molecule has 7 nitrogen and oxygen atoms in total. The summed E-state index contributed by atoms with van der Waals surface area (Å²) in [5.41, 5.74) is 2.67. The molecule has 0 bridgehead atoms. The first kappa shape index (κ1) is 25.6. The molecule has 3 aromatic rings. The van der Waals surface area contributed by atoms with E-state index >= 15 is 0 Å². The lowest BCUT2D eigenvalue weighted by Gasteiger charge is -2.27. The van der Waals surface area contributed by atoms with E-state index in [1.165, 1.54) is 56.1 Å². The van der Waals surface area contributed by atoms with E-state index in [1.807, 2.05) is 24.8 Å². The van der Waals surface area contributed by atoms with Crippen LogP contribution in [-0.2, 0) is 19.6 Å². The molecule has 0 radical (unpaired) electrons. The molecule has 1 fully saturated rings. The van der Waals surface area contributed by atoms with Crippen LogP contribution >= 0.6 is 0 Å². The number of imidazole rings is 2. The van der Waals surface area contributed by atoms with Gasteiger partial charge < -0.3 is 20.2 Å². The van der Waals surface area contributed by atoms with Crippen LogP contribution in [0.5, 0.6) is 0 Å². The van der Waals surface area contributed by atoms with Crippen molar-refractivity contribution in [3.8, 4) is 0 Å². The van der Waals surface area contributed by atoms with Crippen molar-refractivity contribution in [1.82, 2.24) is 35.1 Å². The van der Waals surface area contributed by atoms with Crippen molar-refractivity contribution in [2.75, 3.05) is 20.1 Å². The van der Waals surface area contributed by atoms with Crippen LogP contribution in [0.3, 0.4) is 0 Å². The Balaban J connectivity index is 1.22. The lowest BCUT2D eigenvalue weighted by molar-refractivity contribution is 0.181. The molecule has 1 unspecified atom stereocenters. The van der Waals surface area contributed by atoms with Crippen LogP contribution in [0.4, 0.5) is 0 Å². The molecule has 7 heteroatoms. The smallest absolute Gasteiger partial charge is 0.123 e. The lowest BCUT2D eigenvalue weighted by Crippen LogP contribution is -2.32. The predicted molar refractivity (Wildman–Crippen MR) is 142 cm³/mol. The maximum atomic E-state index is 4.48. The lowest BCUT2D eigenvalue weighted by atomic mass is 9.95. The van der Waals surface area contributed by atoms with Crippen LogP contribution in [0.25, 0.3) is 0 Å². The summed E-state index contributed by atoms with van der Waals surface area (Å²) < 4.78 is 0. The normalized spacial score (nSPS) is 15.8. The number of H-pyrrole nitrogens is 2. The van der Waals surface area contributed by atoms with E-state index in [4.69, 9.17) is 0 Å². The van der Waals surface area contributed by atoms with Gasteiger partial charge in [-0.3, -0.25) is 4.90 Å². The Morgan fingerprint density at radius 1 is 0.914 bits per heavy atom. The number of nitrogens with zero attached hydrogens (tertiary/aromatic N) is 4. The van der Waals surface area contributed by atoms with Crippen molar-refractivity contribution in [2.24, 2.45) is 0 Å². The molecule has 0 amide bonds. The van der Waals surface area contributed by atoms with Crippen molar-refractivity contribution in [2.45, 2.75) is 83.6 Å². The zero-order chi connectivity index (χ0) is 24.3. The summed E-state index contributed by atoms with van der Waals surface area (Å²) in [7, 11) is 2.23. The summed E-state index contributed by atoms with van der Waals surface area (Å²) in [6, 6.07) is 10.0. The summed E-state index contributed by atoms with van der Waals surface area (Å²) in [4.78, 5) is 20.2. The molecule has 2 heterocycles. The van der Waals surface area contributed by atoms with Crippen LogP contribution in [0, 0.1) is 0 Å². The summed E-state index contributed by atoms with van der Waals surface area (Å²) in [5, 5.41) is 3.76. The minimum Gasteiger partial charge on any atom is -0.348 e. The van der Waals surface area contributed by atoms with Gasteiger partial charge in [0.1, 0.15) is 11.6 Å². The highest BCUT2D eigenvalue weighted by Gasteiger charge is 2.19. The standard InChI is InChI=1S/C28H43N7/c1-23(28-32-17-18-33-28)35(22-27-30-15-16-31-27)21-25-12-10-24(11-13-25)20-34(2)19-7-6-14-29-26-8-4-3-5-9-26/h10-13,15-18,23,26,29H,3-9,14,19-22H2,1-2H3,(H,30,31)(H,32,33). The second kappa shape index (κ2) is 13.6. The first-order valence-corrected chi connectivity index (χ1v) is 13.4. The largest absolute Gasteiger partial charge is 0.348 e. The molecular weight excluding hydrogens is 434 g/mol. The second-order valence-electron chi connectivity index (χ2n) is 10.1. The van der Waals surface area contributed by atoms with Crippen LogP contribution in [0.2, 0.25) is 0 Å². The van der Waals surface area contributed by atoms with E-state index in [0.717, 1.165) is 50.4 Å². The number of hydrogen-bond acceptors (Lipinski definition) is 5. The fourth-order valence-corrected chi connectivity index (χ4v) is 5.08. The predicted octanol–water partition coefficient (Wildman–Crippen LogP) is 5.03. The highest BCUT2D eigenvalue weighted by atomic mass is 15.2. The van der Waals surface area contributed by atoms with Crippen molar-refractivity contribution >= 4 is 0 Å². The van der Waals surface area contributed by atoms with Gasteiger partial charge in [0.25, 0.3) is 0 Å². The monoisotopic (exact) mass is 477 g/mol. The highest BCUT2D eigenvalue weighted by Crippen LogP contribution is 2.22. The molecule has 0 spiro atoms. The van der Waals surface area contributed by atoms with Gasteiger partial charge in [-0.05, 0) is 63.9 Å². The summed E-state index contributed by atoms with van der Waals surface area (Å²) in [6.45, 7) is 7.08. The number of unbranched alkanes of at least 4 members (excludes halogenated alkanes) is 1. The summed E-state index contributed by atoms with van der Waals surface area (Å²) in [5.74, 6) is 1.94. The Morgan fingerprint density at radius 3 is 2.31 bits per heavy atom. The number of rotatable bonds is 14. The Kier molecular flexibility index (Phi) is 9.93. The number of benzene rings is 1. The molecule has 2 aromatic heterocycles. The third-order valence-corrected chi connectivity index (χ3v) is 7.24. The molecule has 1 aromatic carbocycles. The van der Waals surface area contributed by atoms with Crippen molar-refractivity contribution < 1.29 is 0 Å². The van der Waals surface area contributed by atoms with E-state index in [-0.39, 0.29) is 6.04 Å². The average Bonchev–Trinajstić information content (AvgIpc) is 3.60. The van der Waals surface area contributed by atoms with E-state index < -0.39 is 0 Å². The molecule has 1 aliphatic rings. The Bertz CT molecular complexity index is 930. The molecule has 1 atom stereocenters. The van der Waals surface area contributed by atoms with Crippen molar-refractivity contribution in [3.63, 3.8) is 0 Å². The first-order valence-electron chi connectivity index (χ1n) is 13.4. The van der Waals surface area contributed by atoms with Crippen molar-refractivity contribution in [1.29, 1.82) is 0 Å². The van der Waals surface area contributed by atoms with Gasteiger partial charge in [-0.1, -0.05) is 43.5 Å². The van der Waals surface area contributed by atoms with Gasteiger partial charge in [0, 0.05) is 43.9 Å². The van der Waals surface area contributed by atoms with Gasteiger partial charge >= 0.3 is 0 Å². The van der Waals surface area contributed by atoms with E-state index in [2.05, 4.69) is 73.3 Å². The quantitative estimate of drug-likeness (QED) is 0.284. The van der Waals surface area contributed by atoms with Crippen molar-refractivity contribution in [3.05, 3.63) is 71.8 Å². The van der Waals surface area contributed by atoms with Gasteiger partial charge in [0.2, 0.25) is 0 Å². The van der Waals surface area contributed by atoms with Crippen LogP contribution < -0.4 is 5.32 Å². The van der Waals surface area contributed by atoms with E-state index in [9.17, 15) is 0 Å². The second-order valence-corrected chi connectivity index (χ2v) is 10.1. The summed E-state index contributed by atoms with van der Waals surface area (Å²) >= 11 is 0. The molecule has 4 rings (SSSR count). The SMILES string of the molecule is CC(c1ncc[nH]1)N(Cc1ccc(CN(C)CCCCNC2CCCCC2)cc1)Cc1ncc[nH]1. The molecular formula is C28H43N7. The molecule has 1 saturated carbocycles.